The van der Waals surface area contributed by atoms with Crippen molar-refractivity contribution in [3.63, 3.8) is 0 Å². The van der Waals surface area contributed by atoms with Crippen LogP contribution < -0.4 is 5.73 Å². The molecular formula is C14H25N5O3. The fourth-order valence-electron chi connectivity index (χ4n) is 2.45. The molecule has 1 aliphatic rings. The Morgan fingerprint density at radius 3 is 2.50 bits per heavy atom. The van der Waals surface area contributed by atoms with Gasteiger partial charge in [-0.15, -0.1) is 0 Å². The smallest absolute Gasteiger partial charge is 0.410 e. The fraction of sp³-hybridized carbons (Fsp3) is 0.786. The highest BCUT2D eigenvalue weighted by Gasteiger charge is 2.42. The number of carbonyl (C=O) groups excluding carboxylic acids is 1. The molecule has 1 aromatic heterocycles. The van der Waals surface area contributed by atoms with E-state index in [1.54, 1.807) is 23.0 Å². The van der Waals surface area contributed by atoms with Gasteiger partial charge in [0.15, 0.2) is 5.82 Å². The number of rotatable bonds is 2. The summed E-state index contributed by atoms with van der Waals surface area (Å²) in [6.45, 7) is 6.27. The van der Waals surface area contributed by atoms with Gasteiger partial charge in [0.05, 0.1) is 11.6 Å². The van der Waals surface area contributed by atoms with Crippen LogP contribution in [0.2, 0.25) is 0 Å². The molecule has 8 nitrogen and oxygen atoms in total. The van der Waals surface area contributed by atoms with Gasteiger partial charge in [-0.3, -0.25) is 4.68 Å². The highest BCUT2D eigenvalue weighted by atomic mass is 16.6. The van der Waals surface area contributed by atoms with E-state index in [0.717, 1.165) is 0 Å². The van der Waals surface area contributed by atoms with Gasteiger partial charge in [0.1, 0.15) is 11.9 Å². The third-order valence-corrected chi connectivity index (χ3v) is 3.76. The van der Waals surface area contributed by atoms with Crippen LogP contribution in [0.1, 0.15) is 45.5 Å². The second-order valence-corrected chi connectivity index (χ2v) is 6.83. The Labute approximate surface area is 130 Å². The predicted molar refractivity (Wildman–Crippen MR) is 79.9 cm³/mol. The normalized spacial score (nSPS) is 19.8. The lowest BCUT2D eigenvalue weighted by atomic mass is 9.84. The van der Waals surface area contributed by atoms with Crippen molar-refractivity contribution in [2.75, 3.05) is 13.1 Å². The van der Waals surface area contributed by atoms with Gasteiger partial charge in [0.2, 0.25) is 0 Å². The molecule has 1 aromatic rings. The van der Waals surface area contributed by atoms with E-state index in [4.69, 9.17) is 10.5 Å². The van der Waals surface area contributed by atoms with Gasteiger partial charge in [-0.2, -0.15) is 5.10 Å². The second-order valence-electron chi connectivity index (χ2n) is 6.83. The molecule has 3 N–H and O–H groups in total. The Balaban J connectivity index is 1.97. The molecule has 1 amide bonds. The van der Waals surface area contributed by atoms with E-state index < -0.39 is 17.2 Å². The first kappa shape index (κ1) is 16.7. The zero-order valence-corrected chi connectivity index (χ0v) is 13.6. The highest BCUT2D eigenvalue weighted by molar-refractivity contribution is 5.68. The van der Waals surface area contributed by atoms with Crippen LogP contribution in [0, 0.1) is 0 Å². The van der Waals surface area contributed by atoms with E-state index in [1.165, 1.54) is 0 Å². The summed E-state index contributed by atoms with van der Waals surface area (Å²) in [5, 5.41) is 14.9. The molecule has 1 unspecified atom stereocenters. The van der Waals surface area contributed by atoms with Crippen molar-refractivity contribution in [2.45, 2.75) is 50.9 Å². The first-order valence-electron chi connectivity index (χ1n) is 7.42. The lowest BCUT2D eigenvalue weighted by Crippen LogP contribution is -2.52. The van der Waals surface area contributed by atoms with Crippen molar-refractivity contribution >= 4 is 6.09 Å². The topological polar surface area (TPSA) is 106 Å². The van der Waals surface area contributed by atoms with Crippen LogP contribution in [0.25, 0.3) is 0 Å². The van der Waals surface area contributed by atoms with Crippen LogP contribution in [-0.2, 0) is 11.8 Å². The summed E-state index contributed by atoms with van der Waals surface area (Å²) in [5.41, 5.74) is 4.48. The highest BCUT2D eigenvalue weighted by Crippen LogP contribution is 2.32. The molecule has 0 spiro atoms. The molecule has 0 radical (unpaired) electrons. The predicted octanol–water partition coefficient (Wildman–Crippen LogP) is 0.577. The Hall–Kier alpha value is -1.67. The van der Waals surface area contributed by atoms with E-state index in [2.05, 4.69) is 10.1 Å². The first-order chi connectivity index (χ1) is 10.1. The Kier molecular flexibility index (Phi) is 4.44. The van der Waals surface area contributed by atoms with E-state index in [0.29, 0.717) is 31.8 Å². The number of aryl methyl sites for hydroxylation is 1. The van der Waals surface area contributed by atoms with Gasteiger partial charge in [-0.25, -0.2) is 9.78 Å². The summed E-state index contributed by atoms with van der Waals surface area (Å²) in [6.07, 6.45) is 1.92. The van der Waals surface area contributed by atoms with Crippen LogP contribution in [-0.4, -0.2) is 55.2 Å². The van der Waals surface area contributed by atoms with Crippen LogP contribution in [0.3, 0.4) is 0 Å². The molecule has 2 heterocycles. The van der Waals surface area contributed by atoms with E-state index >= 15 is 0 Å². The quantitative estimate of drug-likeness (QED) is 0.827. The number of carbonyl (C=O) groups is 1. The molecule has 22 heavy (non-hydrogen) atoms. The van der Waals surface area contributed by atoms with Gasteiger partial charge in [-0.05, 0) is 33.6 Å². The van der Waals surface area contributed by atoms with Gasteiger partial charge >= 0.3 is 6.09 Å². The number of aliphatic hydroxyl groups is 1. The number of hydrogen-bond acceptors (Lipinski definition) is 6. The molecule has 0 bridgehead atoms. The number of aromatic nitrogens is 3. The molecule has 0 aliphatic carbocycles. The van der Waals surface area contributed by atoms with Crippen molar-refractivity contribution in [1.82, 2.24) is 19.7 Å². The van der Waals surface area contributed by atoms with Crippen molar-refractivity contribution in [2.24, 2.45) is 12.8 Å². The maximum Gasteiger partial charge on any atom is 0.410 e. The van der Waals surface area contributed by atoms with Crippen LogP contribution in [0.5, 0.6) is 0 Å². The van der Waals surface area contributed by atoms with E-state index in [1.807, 2.05) is 20.8 Å². The Morgan fingerprint density at radius 1 is 1.45 bits per heavy atom. The van der Waals surface area contributed by atoms with Gasteiger partial charge in [-0.1, -0.05) is 0 Å². The van der Waals surface area contributed by atoms with Crippen LogP contribution in [0.15, 0.2) is 6.33 Å². The summed E-state index contributed by atoms with van der Waals surface area (Å²) in [5.74, 6) is 0.413. The van der Waals surface area contributed by atoms with Crippen molar-refractivity contribution in [3.8, 4) is 0 Å². The van der Waals surface area contributed by atoms with Crippen molar-refractivity contribution in [1.29, 1.82) is 0 Å². The summed E-state index contributed by atoms with van der Waals surface area (Å²) in [6, 6.07) is -0.672. The SMILES string of the molecule is Cn1cnc(C(N)C2(O)CCN(C(=O)OC(C)(C)C)CC2)n1. The molecule has 1 atom stereocenters. The average molecular weight is 311 g/mol. The van der Waals surface area contributed by atoms with E-state index in [-0.39, 0.29) is 6.09 Å². The third kappa shape index (κ3) is 3.75. The fourth-order valence-corrected chi connectivity index (χ4v) is 2.45. The number of nitrogens with two attached hydrogens (primary N) is 1. The molecule has 2 rings (SSSR count). The van der Waals surface area contributed by atoms with Gasteiger partial charge in [0, 0.05) is 20.1 Å². The van der Waals surface area contributed by atoms with Crippen molar-refractivity contribution in [3.05, 3.63) is 12.2 Å². The molecule has 1 aliphatic heterocycles. The largest absolute Gasteiger partial charge is 0.444 e. The average Bonchev–Trinajstić information content (AvgIpc) is 2.83. The number of nitrogens with zero attached hydrogens (tertiary/aromatic N) is 4. The third-order valence-electron chi connectivity index (χ3n) is 3.76. The molecule has 1 saturated heterocycles. The minimum atomic E-state index is -1.11. The van der Waals surface area contributed by atoms with Gasteiger partial charge in [0.25, 0.3) is 0 Å². The maximum absolute atomic E-state index is 12.0. The number of amides is 1. The molecule has 1 fully saturated rings. The number of ether oxygens (including phenoxy) is 1. The van der Waals surface area contributed by atoms with Crippen LogP contribution >= 0.6 is 0 Å². The number of hydrogen-bond donors (Lipinski definition) is 2. The zero-order chi connectivity index (χ0) is 16.5. The second kappa shape index (κ2) is 5.85. The molecule has 0 aromatic carbocycles. The summed E-state index contributed by atoms with van der Waals surface area (Å²) in [7, 11) is 1.75. The maximum atomic E-state index is 12.0. The number of piperidine rings is 1. The molecule has 0 saturated carbocycles. The monoisotopic (exact) mass is 311 g/mol. The summed E-state index contributed by atoms with van der Waals surface area (Å²) < 4.78 is 6.89. The summed E-state index contributed by atoms with van der Waals surface area (Å²) >= 11 is 0. The molecular weight excluding hydrogens is 286 g/mol. The van der Waals surface area contributed by atoms with Crippen LogP contribution in [0.4, 0.5) is 4.79 Å². The lowest BCUT2D eigenvalue weighted by molar-refractivity contribution is -0.0491. The zero-order valence-electron chi connectivity index (χ0n) is 13.6. The van der Waals surface area contributed by atoms with Gasteiger partial charge < -0.3 is 20.5 Å². The van der Waals surface area contributed by atoms with E-state index in [9.17, 15) is 9.90 Å². The number of likely N-dealkylation sites (tertiary alicyclic amines) is 1. The first-order valence-corrected chi connectivity index (χ1v) is 7.42. The lowest BCUT2D eigenvalue weighted by Gasteiger charge is -2.40. The van der Waals surface area contributed by atoms with Crippen molar-refractivity contribution < 1.29 is 14.6 Å². The molecule has 8 heteroatoms. The summed E-state index contributed by atoms with van der Waals surface area (Å²) in [4.78, 5) is 17.7. The minimum absolute atomic E-state index is 0.362. The minimum Gasteiger partial charge on any atom is -0.444 e. The molecule has 124 valence electrons. The Bertz CT molecular complexity index is 529. The Morgan fingerprint density at radius 2 is 2.05 bits per heavy atom. The standard InChI is InChI=1S/C14H25N5O3/c1-13(2,3)22-12(20)19-7-5-14(21,6-8-19)10(15)11-16-9-18(4)17-11/h9-10,21H,5-8,15H2,1-4H3.